The molecule has 0 bridgehead atoms. The summed E-state index contributed by atoms with van der Waals surface area (Å²) in [5.74, 6) is -2.82. The van der Waals surface area contributed by atoms with Crippen LogP contribution in [0.5, 0.6) is 0 Å². The minimum Gasteiger partial charge on any atom is -0.351 e. The molecule has 4 atom stereocenters. The molecule has 38 heavy (non-hydrogen) atoms. The first-order valence-electron chi connectivity index (χ1n) is 12.3. The number of aryl methyl sites for hydroxylation is 2. The highest BCUT2D eigenvalue weighted by Gasteiger charge is 2.64. The standard InChI is InChI=1S/C29H24N4O5/c1-16-7-13-21(17(2)15-16)32-28(35)24-23-14-8-18-5-3-4-6-22(18)31(23)26(25(24)29(32)36)27(34)30-19-9-11-20(12-10-19)33(37)38/h3-15,23-26H,1-2H3,(H,30,34)/t23-,24-,25-,26+/m0/s1. The number of fused-ring (bicyclic) bond motifs is 5. The molecule has 6 rings (SSSR count). The summed E-state index contributed by atoms with van der Waals surface area (Å²) in [5.41, 5.74) is 4.29. The largest absolute Gasteiger partial charge is 0.351 e. The fourth-order valence-corrected chi connectivity index (χ4v) is 5.99. The minimum atomic E-state index is -0.960. The zero-order valence-corrected chi connectivity index (χ0v) is 20.7. The highest BCUT2D eigenvalue weighted by molar-refractivity contribution is 6.25. The summed E-state index contributed by atoms with van der Waals surface area (Å²) < 4.78 is 0. The van der Waals surface area contributed by atoms with E-state index in [2.05, 4.69) is 5.32 Å². The second-order valence-electron chi connectivity index (χ2n) is 9.91. The Kier molecular flexibility index (Phi) is 5.37. The number of anilines is 3. The van der Waals surface area contributed by atoms with Gasteiger partial charge in [-0.05, 0) is 49.2 Å². The molecule has 3 aliphatic rings. The number of rotatable bonds is 4. The summed E-state index contributed by atoms with van der Waals surface area (Å²) >= 11 is 0. The van der Waals surface area contributed by atoms with E-state index >= 15 is 0 Å². The third-order valence-electron chi connectivity index (χ3n) is 7.62. The van der Waals surface area contributed by atoms with E-state index in [9.17, 15) is 24.5 Å². The van der Waals surface area contributed by atoms with Gasteiger partial charge in [-0.2, -0.15) is 0 Å². The van der Waals surface area contributed by atoms with Crippen LogP contribution in [0.1, 0.15) is 16.7 Å². The Morgan fingerprint density at radius 1 is 0.921 bits per heavy atom. The molecule has 0 spiro atoms. The van der Waals surface area contributed by atoms with Crippen LogP contribution in [0, 0.1) is 35.8 Å². The summed E-state index contributed by atoms with van der Waals surface area (Å²) in [7, 11) is 0. The Hall–Kier alpha value is -4.79. The number of carbonyl (C=O) groups excluding carboxylic acids is 3. The Labute approximate surface area is 218 Å². The third-order valence-corrected chi connectivity index (χ3v) is 7.62. The minimum absolute atomic E-state index is 0.0974. The molecule has 0 aromatic heterocycles. The van der Waals surface area contributed by atoms with Crippen molar-refractivity contribution >= 4 is 46.5 Å². The third kappa shape index (κ3) is 3.50. The summed E-state index contributed by atoms with van der Waals surface area (Å²) in [6.07, 6.45) is 3.83. The van der Waals surface area contributed by atoms with Crippen molar-refractivity contribution in [2.75, 3.05) is 15.1 Å². The van der Waals surface area contributed by atoms with Crippen LogP contribution in [0.25, 0.3) is 6.08 Å². The highest BCUT2D eigenvalue weighted by Crippen LogP contribution is 2.49. The summed E-state index contributed by atoms with van der Waals surface area (Å²) in [5, 5.41) is 13.9. The average Bonchev–Trinajstić information content (AvgIpc) is 3.37. The van der Waals surface area contributed by atoms with Gasteiger partial charge in [-0.15, -0.1) is 0 Å². The number of hydrogen-bond acceptors (Lipinski definition) is 6. The number of benzene rings is 3. The molecule has 3 aliphatic heterocycles. The molecule has 2 saturated heterocycles. The predicted octanol–water partition coefficient (Wildman–Crippen LogP) is 4.24. The first-order chi connectivity index (χ1) is 18.3. The number of para-hydroxylation sites is 1. The van der Waals surface area contributed by atoms with E-state index in [0.717, 1.165) is 22.4 Å². The number of carbonyl (C=O) groups is 3. The zero-order valence-electron chi connectivity index (χ0n) is 20.7. The Morgan fingerprint density at radius 3 is 2.34 bits per heavy atom. The van der Waals surface area contributed by atoms with Gasteiger partial charge in [-0.3, -0.25) is 24.5 Å². The van der Waals surface area contributed by atoms with Gasteiger partial charge >= 0.3 is 0 Å². The number of non-ortho nitro benzene ring substituents is 1. The van der Waals surface area contributed by atoms with Crippen molar-refractivity contribution in [3.05, 3.63) is 99.6 Å². The molecule has 0 saturated carbocycles. The fraction of sp³-hybridized carbons (Fsp3) is 0.207. The number of nitrogens with one attached hydrogen (secondary N) is 1. The van der Waals surface area contributed by atoms with Crippen LogP contribution in [0.4, 0.5) is 22.7 Å². The van der Waals surface area contributed by atoms with Crippen molar-refractivity contribution < 1.29 is 19.3 Å². The normalized spacial score (nSPS) is 23.2. The maximum Gasteiger partial charge on any atom is 0.269 e. The maximum atomic E-state index is 14.0. The van der Waals surface area contributed by atoms with Crippen LogP contribution in [0.2, 0.25) is 0 Å². The number of nitrogens with zero attached hydrogens (tertiary/aromatic N) is 3. The van der Waals surface area contributed by atoms with E-state index < -0.39 is 40.7 Å². The van der Waals surface area contributed by atoms with E-state index in [0.29, 0.717) is 11.4 Å². The first kappa shape index (κ1) is 23.6. The van der Waals surface area contributed by atoms with Crippen molar-refractivity contribution in [2.45, 2.75) is 25.9 Å². The molecule has 0 aliphatic carbocycles. The van der Waals surface area contributed by atoms with E-state index in [1.807, 2.05) is 67.3 Å². The van der Waals surface area contributed by atoms with E-state index in [4.69, 9.17) is 0 Å². The van der Waals surface area contributed by atoms with Gasteiger partial charge in [0.2, 0.25) is 17.7 Å². The van der Waals surface area contributed by atoms with Crippen LogP contribution < -0.4 is 15.1 Å². The molecule has 0 radical (unpaired) electrons. The van der Waals surface area contributed by atoms with Gasteiger partial charge in [-0.25, -0.2) is 4.90 Å². The molecular formula is C29H24N4O5. The van der Waals surface area contributed by atoms with E-state index in [1.54, 1.807) is 6.07 Å². The molecule has 3 aromatic rings. The number of hydrogen-bond donors (Lipinski definition) is 1. The molecule has 0 unspecified atom stereocenters. The van der Waals surface area contributed by atoms with Gasteiger partial charge in [0.25, 0.3) is 5.69 Å². The molecule has 3 amide bonds. The lowest BCUT2D eigenvalue weighted by atomic mass is 9.88. The SMILES string of the molecule is Cc1ccc(N2C(=O)[C@@H]3[C@H](C2=O)[C@H](C(=O)Nc2ccc([N+](=O)[O-])cc2)N2c4ccccc4C=C[C@@H]32)c(C)c1. The van der Waals surface area contributed by atoms with Crippen molar-refractivity contribution in [3.8, 4) is 0 Å². The van der Waals surface area contributed by atoms with Crippen LogP contribution in [0.3, 0.4) is 0 Å². The number of amides is 3. The molecule has 9 nitrogen and oxygen atoms in total. The topological polar surface area (TPSA) is 113 Å². The van der Waals surface area contributed by atoms with Crippen molar-refractivity contribution in [1.29, 1.82) is 0 Å². The van der Waals surface area contributed by atoms with Crippen molar-refractivity contribution in [1.82, 2.24) is 0 Å². The van der Waals surface area contributed by atoms with Crippen molar-refractivity contribution in [3.63, 3.8) is 0 Å². The monoisotopic (exact) mass is 508 g/mol. The van der Waals surface area contributed by atoms with Crippen LogP contribution >= 0.6 is 0 Å². The highest BCUT2D eigenvalue weighted by atomic mass is 16.6. The summed E-state index contributed by atoms with van der Waals surface area (Å²) in [6.45, 7) is 3.80. The van der Waals surface area contributed by atoms with Gasteiger partial charge in [-0.1, -0.05) is 48.0 Å². The van der Waals surface area contributed by atoms with Gasteiger partial charge in [0, 0.05) is 23.5 Å². The lowest BCUT2D eigenvalue weighted by Gasteiger charge is -2.36. The lowest BCUT2D eigenvalue weighted by Crippen LogP contribution is -2.50. The molecule has 190 valence electrons. The second-order valence-corrected chi connectivity index (χ2v) is 9.91. The lowest BCUT2D eigenvalue weighted by molar-refractivity contribution is -0.384. The van der Waals surface area contributed by atoms with E-state index in [-0.39, 0.29) is 11.6 Å². The molecule has 9 heteroatoms. The average molecular weight is 509 g/mol. The Balaban J connectivity index is 1.42. The van der Waals surface area contributed by atoms with Crippen LogP contribution in [0.15, 0.2) is 72.8 Å². The molecular weight excluding hydrogens is 484 g/mol. The van der Waals surface area contributed by atoms with Crippen LogP contribution in [-0.2, 0) is 14.4 Å². The smallest absolute Gasteiger partial charge is 0.269 e. The summed E-state index contributed by atoms with van der Waals surface area (Å²) in [6, 6.07) is 17.2. The summed E-state index contributed by atoms with van der Waals surface area (Å²) in [4.78, 5) is 55.3. The molecule has 3 heterocycles. The van der Waals surface area contributed by atoms with Gasteiger partial charge in [0.15, 0.2) is 0 Å². The number of nitro groups is 1. The molecule has 1 N–H and O–H groups in total. The Bertz CT molecular complexity index is 1550. The van der Waals surface area contributed by atoms with Crippen LogP contribution in [-0.4, -0.2) is 34.7 Å². The van der Waals surface area contributed by atoms with Gasteiger partial charge < -0.3 is 10.2 Å². The second kappa shape index (κ2) is 8.65. The van der Waals surface area contributed by atoms with Crippen molar-refractivity contribution in [2.24, 2.45) is 11.8 Å². The number of imide groups is 1. The quantitative estimate of drug-likeness (QED) is 0.320. The first-order valence-corrected chi connectivity index (χ1v) is 12.3. The number of nitro benzene ring substituents is 1. The van der Waals surface area contributed by atoms with Gasteiger partial charge in [0.1, 0.15) is 6.04 Å². The zero-order chi connectivity index (χ0) is 26.7. The predicted molar refractivity (Wildman–Crippen MR) is 143 cm³/mol. The maximum absolute atomic E-state index is 14.0. The van der Waals surface area contributed by atoms with Gasteiger partial charge in [0.05, 0.1) is 28.5 Å². The van der Waals surface area contributed by atoms with E-state index in [1.165, 1.54) is 29.2 Å². The fourth-order valence-electron chi connectivity index (χ4n) is 5.99. The molecule has 3 aromatic carbocycles. The Morgan fingerprint density at radius 2 is 1.63 bits per heavy atom. The molecule has 2 fully saturated rings.